The SMILES string of the molecule is C\C=C(/C=C\C(CO)=C(\C)CC)C(C)(C)S. The number of hydrogen-bond donors (Lipinski definition) is 2. The minimum atomic E-state index is -0.147. The minimum Gasteiger partial charge on any atom is -0.392 e. The highest BCUT2D eigenvalue weighted by molar-refractivity contribution is 7.82. The molecule has 0 aromatic carbocycles. The number of aliphatic hydroxyl groups is 1. The van der Waals surface area contributed by atoms with Gasteiger partial charge in [-0.25, -0.2) is 0 Å². The average molecular weight is 240 g/mol. The Morgan fingerprint density at radius 2 is 1.88 bits per heavy atom. The monoisotopic (exact) mass is 240 g/mol. The van der Waals surface area contributed by atoms with Gasteiger partial charge in [0.25, 0.3) is 0 Å². The number of aliphatic hydroxyl groups excluding tert-OH is 1. The van der Waals surface area contributed by atoms with Crippen molar-refractivity contribution in [2.75, 3.05) is 6.61 Å². The Balaban J connectivity index is 4.96. The molecule has 2 heteroatoms. The third-order valence-electron chi connectivity index (χ3n) is 2.73. The lowest BCUT2D eigenvalue weighted by atomic mass is 9.99. The van der Waals surface area contributed by atoms with Gasteiger partial charge in [-0.15, -0.1) is 0 Å². The summed E-state index contributed by atoms with van der Waals surface area (Å²) >= 11 is 4.54. The zero-order valence-corrected chi connectivity index (χ0v) is 11.9. The Hall–Kier alpha value is -0.470. The second-order valence-electron chi connectivity index (χ2n) is 4.45. The van der Waals surface area contributed by atoms with Crippen LogP contribution in [0.2, 0.25) is 0 Å². The fraction of sp³-hybridized carbons (Fsp3) is 0.571. The molecule has 0 radical (unpaired) electrons. The van der Waals surface area contributed by atoms with Crippen LogP contribution < -0.4 is 0 Å². The van der Waals surface area contributed by atoms with Crippen molar-refractivity contribution < 1.29 is 5.11 Å². The topological polar surface area (TPSA) is 20.2 Å². The maximum absolute atomic E-state index is 9.27. The molecule has 0 aliphatic heterocycles. The van der Waals surface area contributed by atoms with E-state index in [1.54, 1.807) is 0 Å². The molecule has 0 saturated heterocycles. The van der Waals surface area contributed by atoms with Gasteiger partial charge in [0.1, 0.15) is 0 Å². The van der Waals surface area contributed by atoms with Gasteiger partial charge >= 0.3 is 0 Å². The predicted molar refractivity (Wildman–Crippen MR) is 76.0 cm³/mol. The van der Waals surface area contributed by atoms with Crippen LogP contribution in [0.1, 0.15) is 41.0 Å². The fourth-order valence-electron chi connectivity index (χ4n) is 1.40. The van der Waals surface area contributed by atoms with Gasteiger partial charge in [0.05, 0.1) is 6.61 Å². The molecule has 0 aliphatic rings. The van der Waals surface area contributed by atoms with Crippen LogP contribution >= 0.6 is 12.6 Å². The van der Waals surface area contributed by atoms with Crippen molar-refractivity contribution in [3.8, 4) is 0 Å². The van der Waals surface area contributed by atoms with Crippen molar-refractivity contribution in [1.82, 2.24) is 0 Å². The third-order valence-corrected chi connectivity index (χ3v) is 2.99. The third kappa shape index (κ3) is 5.04. The molecular formula is C14H24OS. The smallest absolute Gasteiger partial charge is 0.0681 e. The van der Waals surface area contributed by atoms with Gasteiger partial charge < -0.3 is 5.11 Å². The first-order valence-electron chi connectivity index (χ1n) is 5.73. The molecule has 0 saturated carbocycles. The number of rotatable bonds is 5. The summed E-state index contributed by atoms with van der Waals surface area (Å²) in [7, 11) is 0. The molecule has 1 N–H and O–H groups in total. The van der Waals surface area contributed by atoms with E-state index in [9.17, 15) is 5.11 Å². The quantitative estimate of drug-likeness (QED) is 0.551. The molecule has 0 aromatic rings. The highest BCUT2D eigenvalue weighted by Crippen LogP contribution is 2.24. The predicted octanol–water partition coefficient (Wildman–Crippen LogP) is 3.92. The van der Waals surface area contributed by atoms with Crippen molar-refractivity contribution in [2.24, 2.45) is 0 Å². The molecule has 92 valence electrons. The Bertz CT molecular complexity index is 303. The van der Waals surface area contributed by atoms with E-state index in [2.05, 4.69) is 46.4 Å². The lowest BCUT2D eigenvalue weighted by Gasteiger charge is -2.19. The lowest BCUT2D eigenvalue weighted by molar-refractivity contribution is 0.333. The van der Waals surface area contributed by atoms with E-state index in [1.165, 1.54) is 5.57 Å². The van der Waals surface area contributed by atoms with E-state index in [0.717, 1.165) is 17.6 Å². The summed E-state index contributed by atoms with van der Waals surface area (Å²) in [4.78, 5) is 0. The summed E-state index contributed by atoms with van der Waals surface area (Å²) in [5.41, 5.74) is 3.39. The maximum Gasteiger partial charge on any atom is 0.0681 e. The first-order chi connectivity index (χ1) is 7.36. The van der Waals surface area contributed by atoms with E-state index in [4.69, 9.17) is 0 Å². The van der Waals surface area contributed by atoms with E-state index >= 15 is 0 Å². The van der Waals surface area contributed by atoms with Crippen LogP contribution in [0.3, 0.4) is 0 Å². The maximum atomic E-state index is 9.27. The largest absolute Gasteiger partial charge is 0.392 e. The van der Waals surface area contributed by atoms with E-state index in [0.29, 0.717) is 0 Å². The summed E-state index contributed by atoms with van der Waals surface area (Å²) in [6.07, 6.45) is 7.05. The molecule has 0 fully saturated rings. The average Bonchev–Trinajstić information content (AvgIpc) is 2.21. The van der Waals surface area contributed by atoms with Crippen LogP contribution in [0.4, 0.5) is 0 Å². The minimum absolute atomic E-state index is 0.0974. The van der Waals surface area contributed by atoms with Crippen LogP contribution in [0.25, 0.3) is 0 Å². The molecule has 0 amide bonds. The Labute approximate surface area is 105 Å². The van der Waals surface area contributed by atoms with Crippen molar-refractivity contribution >= 4 is 12.6 Å². The van der Waals surface area contributed by atoms with Crippen molar-refractivity contribution in [2.45, 2.75) is 45.8 Å². The molecule has 0 aliphatic carbocycles. The number of allylic oxidation sites excluding steroid dienone is 3. The molecule has 0 bridgehead atoms. The number of thiol groups is 1. The molecule has 0 heterocycles. The van der Waals surface area contributed by atoms with Crippen molar-refractivity contribution in [1.29, 1.82) is 0 Å². The Morgan fingerprint density at radius 1 is 1.31 bits per heavy atom. The lowest BCUT2D eigenvalue weighted by Crippen LogP contribution is -2.12. The summed E-state index contributed by atoms with van der Waals surface area (Å²) < 4.78 is -0.147. The summed E-state index contributed by atoms with van der Waals surface area (Å²) in [5, 5.41) is 9.27. The fourth-order valence-corrected chi connectivity index (χ4v) is 1.60. The zero-order chi connectivity index (χ0) is 12.8. The Kier molecular flexibility index (Phi) is 6.77. The summed E-state index contributed by atoms with van der Waals surface area (Å²) in [6, 6.07) is 0. The standard InChI is InChI=1S/C14H24OS/c1-6-11(3)12(10-15)8-9-13(7-2)14(4,5)16/h7-9,15-16H,6,10H2,1-5H3/b9-8-,12-11+,13-7+. The number of hydrogen-bond acceptors (Lipinski definition) is 2. The van der Waals surface area contributed by atoms with E-state index in [1.807, 2.05) is 19.1 Å². The molecule has 0 unspecified atom stereocenters. The molecule has 0 rings (SSSR count). The zero-order valence-electron chi connectivity index (χ0n) is 11.0. The molecule has 0 atom stereocenters. The van der Waals surface area contributed by atoms with Gasteiger partial charge in [0, 0.05) is 4.75 Å². The molecule has 1 nitrogen and oxygen atoms in total. The van der Waals surface area contributed by atoms with Gasteiger partial charge in [0.2, 0.25) is 0 Å². The normalized spacial score (nSPS) is 15.6. The molecule has 16 heavy (non-hydrogen) atoms. The van der Waals surface area contributed by atoms with Crippen LogP contribution in [0.5, 0.6) is 0 Å². The van der Waals surface area contributed by atoms with Gasteiger partial charge in [-0.2, -0.15) is 12.6 Å². The first-order valence-corrected chi connectivity index (χ1v) is 6.18. The summed E-state index contributed by atoms with van der Waals surface area (Å²) in [5.74, 6) is 0. The van der Waals surface area contributed by atoms with Crippen LogP contribution in [-0.2, 0) is 0 Å². The highest BCUT2D eigenvalue weighted by Gasteiger charge is 2.14. The van der Waals surface area contributed by atoms with Crippen molar-refractivity contribution in [3.63, 3.8) is 0 Å². The van der Waals surface area contributed by atoms with Crippen molar-refractivity contribution in [3.05, 3.63) is 34.9 Å². The molecule has 0 spiro atoms. The molecular weight excluding hydrogens is 216 g/mol. The second kappa shape index (κ2) is 6.97. The van der Waals surface area contributed by atoms with Crippen LogP contribution in [0.15, 0.2) is 34.9 Å². The van der Waals surface area contributed by atoms with Gasteiger partial charge in [-0.1, -0.05) is 30.7 Å². The van der Waals surface area contributed by atoms with Gasteiger partial charge in [-0.3, -0.25) is 0 Å². The Morgan fingerprint density at radius 3 is 2.19 bits per heavy atom. The first kappa shape index (κ1) is 15.5. The summed E-state index contributed by atoms with van der Waals surface area (Å²) in [6.45, 7) is 10.4. The highest BCUT2D eigenvalue weighted by atomic mass is 32.1. The second-order valence-corrected chi connectivity index (χ2v) is 5.57. The van der Waals surface area contributed by atoms with E-state index in [-0.39, 0.29) is 11.4 Å². The van der Waals surface area contributed by atoms with Crippen LogP contribution in [-0.4, -0.2) is 16.5 Å². The molecule has 0 aromatic heterocycles. The van der Waals surface area contributed by atoms with Crippen LogP contribution in [0, 0.1) is 0 Å². The van der Waals surface area contributed by atoms with Gasteiger partial charge in [-0.05, 0) is 45.3 Å². The van der Waals surface area contributed by atoms with Gasteiger partial charge in [0.15, 0.2) is 0 Å². The van der Waals surface area contributed by atoms with E-state index < -0.39 is 0 Å².